The maximum absolute atomic E-state index is 11.1. The molecule has 0 aliphatic heterocycles. The highest BCUT2D eigenvalue weighted by Gasteiger charge is 2.15. The molecule has 1 rings (SSSR count). The maximum atomic E-state index is 11.1. The minimum atomic E-state index is -0.925. The van der Waals surface area contributed by atoms with E-state index in [0.717, 1.165) is 19.3 Å². The van der Waals surface area contributed by atoms with E-state index in [4.69, 9.17) is 16.3 Å². The minimum absolute atomic E-state index is 0.102. The SMILES string of the molecule is CCCCCO/N=C(\C([NH])=O)c1csc(N)n1. The molecule has 7 heteroatoms. The van der Waals surface area contributed by atoms with Gasteiger partial charge in [-0.2, -0.15) is 0 Å². The van der Waals surface area contributed by atoms with Crippen LogP contribution in [-0.2, 0) is 9.63 Å². The van der Waals surface area contributed by atoms with Crippen LogP contribution >= 0.6 is 11.3 Å². The Morgan fingerprint density at radius 2 is 2.41 bits per heavy atom. The van der Waals surface area contributed by atoms with Crippen molar-refractivity contribution in [2.45, 2.75) is 26.2 Å². The Morgan fingerprint density at radius 1 is 1.65 bits per heavy atom. The Balaban J connectivity index is 2.60. The number of unbranched alkanes of at least 4 members (excludes halogenated alkanes) is 2. The Kier molecular flexibility index (Phi) is 5.41. The fraction of sp³-hybridized carbons (Fsp3) is 0.500. The van der Waals surface area contributed by atoms with Crippen molar-refractivity contribution >= 4 is 28.1 Å². The molecule has 0 bridgehead atoms. The highest BCUT2D eigenvalue weighted by molar-refractivity contribution is 7.13. The Morgan fingerprint density at radius 3 is 2.94 bits per heavy atom. The number of thiazole rings is 1. The first kappa shape index (κ1) is 13.4. The molecule has 0 fully saturated rings. The van der Waals surface area contributed by atoms with Crippen molar-refractivity contribution in [2.75, 3.05) is 12.3 Å². The van der Waals surface area contributed by atoms with Crippen LogP contribution in [0.25, 0.3) is 0 Å². The van der Waals surface area contributed by atoms with Crippen molar-refractivity contribution in [1.29, 1.82) is 0 Å². The molecule has 1 amide bonds. The fourth-order valence-electron chi connectivity index (χ4n) is 1.13. The van der Waals surface area contributed by atoms with Gasteiger partial charge in [0, 0.05) is 5.38 Å². The van der Waals surface area contributed by atoms with Crippen LogP contribution in [0.5, 0.6) is 0 Å². The molecule has 93 valence electrons. The summed E-state index contributed by atoms with van der Waals surface area (Å²) in [5.74, 6) is -0.925. The van der Waals surface area contributed by atoms with Gasteiger partial charge in [0.1, 0.15) is 12.3 Å². The Bertz CT molecular complexity index is 403. The predicted octanol–water partition coefficient (Wildman–Crippen LogP) is 1.45. The lowest BCUT2D eigenvalue weighted by atomic mass is 10.3. The number of aromatic nitrogens is 1. The molecule has 0 saturated carbocycles. The van der Waals surface area contributed by atoms with Crippen molar-refractivity contribution in [2.24, 2.45) is 5.16 Å². The van der Waals surface area contributed by atoms with Crippen molar-refractivity contribution in [3.63, 3.8) is 0 Å². The molecule has 3 N–H and O–H groups in total. The van der Waals surface area contributed by atoms with Gasteiger partial charge in [0.2, 0.25) is 0 Å². The molecule has 1 radical (unpaired) electrons. The number of oxime groups is 1. The zero-order valence-corrected chi connectivity index (χ0v) is 10.4. The van der Waals surface area contributed by atoms with E-state index >= 15 is 0 Å². The second kappa shape index (κ2) is 6.85. The molecule has 0 spiro atoms. The number of anilines is 1. The summed E-state index contributed by atoms with van der Waals surface area (Å²) >= 11 is 1.19. The predicted molar refractivity (Wildman–Crippen MR) is 66.6 cm³/mol. The van der Waals surface area contributed by atoms with Crippen LogP contribution in [0.4, 0.5) is 5.13 Å². The van der Waals surface area contributed by atoms with E-state index in [1.165, 1.54) is 11.3 Å². The zero-order valence-electron chi connectivity index (χ0n) is 9.60. The number of hydrogen-bond acceptors (Lipinski definition) is 6. The normalized spacial score (nSPS) is 11.5. The van der Waals surface area contributed by atoms with E-state index in [1.54, 1.807) is 5.38 Å². The number of nitrogens with two attached hydrogens (primary N) is 1. The van der Waals surface area contributed by atoms with Gasteiger partial charge in [-0.1, -0.05) is 24.9 Å². The van der Waals surface area contributed by atoms with Gasteiger partial charge in [-0.25, -0.2) is 4.98 Å². The quantitative estimate of drug-likeness (QED) is 0.452. The van der Waals surface area contributed by atoms with Gasteiger partial charge in [0.25, 0.3) is 5.91 Å². The third kappa shape index (κ3) is 4.39. The lowest BCUT2D eigenvalue weighted by Crippen LogP contribution is -2.17. The van der Waals surface area contributed by atoms with Crippen LogP contribution in [0, 0.1) is 0 Å². The summed E-state index contributed by atoms with van der Waals surface area (Å²) in [6.45, 7) is 2.52. The van der Waals surface area contributed by atoms with Gasteiger partial charge in [-0.05, 0) is 6.42 Å². The molecule has 0 aliphatic carbocycles. The molecule has 1 aromatic heterocycles. The molecule has 1 heterocycles. The zero-order chi connectivity index (χ0) is 12.7. The summed E-state index contributed by atoms with van der Waals surface area (Å²) in [5, 5.41) is 5.56. The van der Waals surface area contributed by atoms with E-state index < -0.39 is 5.91 Å². The number of rotatable bonds is 7. The standard InChI is InChI=1S/C10H15N4O2S/c1-2-3-4-5-16-14-8(9(11)15)7-6-17-10(12)13-7/h6,11H,2-5H2,1H3,(H2,12,13)/b14-8-. The minimum Gasteiger partial charge on any atom is -0.395 e. The van der Waals surface area contributed by atoms with Gasteiger partial charge in [-0.3, -0.25) is 10.5 Å². The maximum Gasteiger partial charge on any atom is 0.294 e. The monoisotopic (exact) mass is 255 g/mol. The second-order valence-electron chi connectivity index (χ2n) is 3.38. The summed E-state index contributed by atoms with van der Waals surface area (Å²) in [6.07, 6.45) is 3.00. The van der Waals surface area contributed by atoms with Gasteiger partial charge >= 0.3 is 0 Å². The van der Waals surface area contributed by atoms with E-state index in [0.29, 0.717) is 17.4 Å². The fourth-order valence-corrected chi connectivity index (χ4v) is 1.68. The topological polar surface area (TPSA) is 101 Å². The van der Waals surface area contributed by atoms with Crippen LogP contribution in [-0.4, -0.2) is 23.2 Å². The van der Waals surface area contributed by atoms with E-state index in [9.17, 15) is 4.79 Å². The van der Waals surface area contributed by atoms with Crippen molar-refractivity contribution in [3.05, 3.63) is 11.1 Å². The molecule has 17 heavy (non-hydrogen) atoms. The Labute approximate surface area is 104 Å². The molecule has 0 atom stereocenters. The molecule has 0 aromatic carbocycles. The number of nitrogens with zero attached hydrogens (tertiary/aromatic N) is 2. The van der Waals surface area contributed by atoms with E-state index in [1.807, 2.05) is 0 Å². The van der Waals surface area contributed by atoms with Gasteiger partial charge in [-0.15, -0.1) is 11.3 Å². The number of carbonyl (C=O) groups excluding carboxylic acids is 1. The molecular weight excluding hydrogens is 240 g/mol. The summed E-state index contributed by atoms with van der Waals surface area (Å²) in [7, 11) is 0. The first-order valence-electron chi connectivity index (χ1n) is 5.32. The molecular formula is C10H15N4O2S. The molecule has 0 unspecified atom stereocenters. The lowest BCUT2D eigenvalue weighted by Gasteiger charge is -2.00. The van der Waals surface area contributed by atoms with Crippen LogP contribution in [0.2, 0.25) is 0 Å². The number of nitrogen functional groups attached to an aromatic ring is 1. The lowest BCUT2D eigenvalue weighted by molar-refractivity contribution is -0.112. The summed E-state index contributed by atoms with van der Waals surface area (Å²) in [5.41, 5.74) is 12.7. The van der Waals surface area contributed by atoms with Crippen LogP contribution in [0.15, 0.2) is 10.5 Å². The van der Waals surface area contributed by atoms with Crippen molar-refractivity contribution in [3.8, 4) is 0 Å². The largest absolute Gasteiger partial charge is 0.395 e. The average Bonchev–Trinajstić information content (AvgIpc) is 2.69. The van der Waals surface area contributed by atoms with E-state index in [2.05, 4.69) is 17.1 Å². The molecule has 0 saturated heterocycles. The number of carbonyl (C=O) groups is 1. The first-order valence-corrected chi connectivity index (χ1v) is 6.20. The van der Waals surface area contributed by atoms with Crippen LogP contribution in [0.3, 0.4) is 0 Å². The molecule has 1 aromatic rings. The van der Waals surface area contributed by atoms with Gasteiger partial charge in [0.05, 0.1) is 0 Å². The first-order chi connectivity index (χ1) is 8.15. The van der Waals surface area contributed by atoms with Gasteiger partial charge in [0.15, 0.2) is 10.8 Å². The highest BCUT2D eigenvalue weighted by atomic mass is 32.1. The second-order valence-corrected chi connectivity index (χ2v) is 4.27. The third-order valence-corrected chi connectivity index (χ3v) is 2.65. The van der Waals surface area contributed by atoms with E-state index in [-0.39, 0.29) is 5.71 Å². The summed E-state index contributed by atoms with van der Waals surface area (Å²) < 4.78 is 0. The third-order valence-electron chi connectivity index (χ3n) is 1.97. The molecule has 0 aliphatic rings. The molecule has 6 nitrogen and oxygen atoms in total. The summed E-state index contributed by atoms with van der Waals surface area (Å²) in [4.78, 5) is 19.9. The Hall–Kier alpha value is -1.63. The number of hydrogen-bond donors (Lipinski definition) is 1. The van der Waals surface area contributed by atoms with Crippen molar-refractivity contribution in [1.82, 2.24) is 10.7 Å². The smallest absolute Gasteiger partial charge is 0.294 e. The van der Waals surface area contributed by atoms with Crippen molar-refractivity contribution < 1.29 is 9.63 Å². The van der Waals surface area contributed by atoms with Gasteiger partial charge < -0.3 is 10.6 Å². The summed E-state index contributed by atoms with van der Waals surface area (Å²) in [6, 6.07) is 0. The van der Waals surface area contributed by atoms with Crippen LogP contribution < -0.4 is 11.5 Å². The average molecular weight is 255 g/mol. The number of nitrogens with one attached hydrogen (secondary N) is 1. The highest BCUT2D eigenvalue weighted by Crippen LogP contribution is 2.12. The van der Waals surface area contributed by atoms with Crippen LogP contribution in [0.1, 0.15) is 31.9 Å². The number of amides is 1.